The van der Waals surface area contributed by atoms with Crippen LogP contribution in [0.15, 0.2) is 22.7 Å². The molecule has 1 saturated heterocycles. The number of benzene rings is 1. The van der Waals surface area contributed by atoms with Crippen LogP contribution in [-0.2, 0) is 13.1 Å². The monoisotopic (exact) mass is 325 g/mol. The second-order valence-electron chi connectivity index (χ2n) is 5.60. The third-order valence-electron chi connectivity index (χ3n) is 3.87. The Morgan fingerprint density at radius 3 is 2.79 bits per heavy atom. The van der Waals surface area contributed by atoms with Crippen LogP contribution in [0, 0.1) is 0 Å². The number of likely N-dealkylation sites (tertiary alicyclic amines) is 1. The molecule has 0 spiro atoms. The van der Waals surface area contributed by atoms with E-state index in [2.05, 4.69) is 63.3 Å². The second-order valence-corrected chi connectivity index (χ2v) is 6.45. The van der Waals surface area contributed by atoms with Crippen LogP contribution >= 0.6 is 15.9 Å². The fourth-order valence-corrected chi connectivity index (χ4v) is 3.20. The van der Waals surface area contributed by atoms with E-state index in [0.29, 0.717) is 6.04 Å². The Labute approximate surface area is 125 Å². The van der Waals surface area contributed by atoms with Crippen molar-refractivity contribution in [1.82, 2.24) is 15.1 Å². The Morgan fingerprint density at radius 1 is 1.42 bits per heavy atom. The Balaban J connectivity index is 1.96. The Bertz CT molecular complexity index is 420. The van der Waals surface area contributed by atoms with Crippen LogP contribution in [0.4, 0.5) is 0 Å². The van der Waals surface area contributed by atoms with E-state index in [1.807, 2.05) is 7.05 Å². The predicted molar refractivity (Wildman–Crippen MR) is 84.3 cm³/mol. The van der Waals surface area contributed by atoms with Crippen molar-refractivity contribution in [2.45, 2.75) is 25.6 Å². The lowest BCUT2D eigenvalue weighted by Crippen LogP contribution is -2.31. The van der Waals surface area contributed by atoms with Crippen LogP contribution in [0.2, 0.25) is 0 Å². The average molecular weight is 326 g/mol. The van der Waals surface area contributed by atoms with Crippen molar-refractivity contribution in [2.75, 3.05) is 34.2 Å². The highest BCUT2D eigenvalue weighted by molar-refractivity contribution is 9.10. The van der Waals surface area contributed by atoms with Crippen molar-refractivity contribution in [2.24, 2.45) is 0 Å². The van der Waals surface area contributed by atoms with E-state index in [9.17, 15) is 0 Å². The molecule has 0 aliphatic carbocycles. The number of nitrogens with one attached hydrogen (secondary N) is 1. The summed E-state index contributed by atoms with van der Waals surface area (Å²) >= 11 is 3.70. The maximum atomic E-state index is 3.70. The standard InChI is InChI=1S/C15H24BrN3/c1-17-9-12-4-5-13(15(16)8-12)10-19-7-6-14(11-19)18(2)3/h4-5,8,14,17H,6-7,9-11H2,1-3H3. The largest absolute Gasteiger partial charge is 0.316 e. The molecule has 0 aromatic heterocycles. The summed E-state index contributed by atoms with van der Waals surface area (Å²) in [4.78, 5) is 4.88. The van der Waals surface area contributed by atoms with Gasteiger partial charge in [0.1, 0.15) is 0 Å². The van der Waals surface area contributed by atoms with Gasteiger partial charge in [0, 0.05) is 36.7 Å². The molecule has 1 atom stereocenters. The molecule has 106 valence electrons. The lowest BCUT2D eigenvalue weighted by molar-refractivity contribution is 0.264. The van der Waals surface area contributed by atoms with Crippen LogP contribution < -0.4 is 5.32 Å². The summed E-state index contributed by atoms with van der Waals surface area (Å²) in [6.07, 6.45) is 1.28. The summed E-state index contributed by atoms with van der Waals surface area (Å²) in [7, 11) is 6.33. The Morgan fingerprint density at radius 2 is 2.21 bits per heavy atom. The van der Waals surface area contributed by atoms with Crippen LogP contribution in [0.1, 0.15) is 17.5 Å². The van der Waals surface area contributed by atoms with Crippen molar-refractivity contribution in [1.29, 1.82) is 0 Å². The van der Waals surface area contributed by atoms with Gasteiger partial charge in [0.05, 0.1) is 0 Å². The highest BCUT2D eigenvalue weighted by atomic mass is 79.9. The van der Waals surface area contributed by atoms with Crippen LogP contribution in [-0.4, -0.2) is 50.1 Å². The topological polar surface area (TPSA) is 18.5 Å². The van der Waals surface area contributed by atoms with E-state index in [0.717, 1.165) is 13.1 Å². The van der Waals surface area contributed by atoms with Gasteiger partial charge in [-0.05, 0) is 44.8 Å². The van der Waals surface area contributed by atoms with E-state index in [1.54, 1.807) is 0 Å². The molecule has 0 radical (unpaired) electrons. The fraction of sp³-hybridized carbons (Fsp3) is 0.600. The molecule has 1 aliphatic heterocycles. The zero-order chi connectivity index (χ0) is 13.8. The van der Waals surface area contributed by atoms with Gasteiger partial charge in [-0.25, -0.2) is 0 Å². The van der Waals surface area contributed by atoms with Crippen molar-refractivity contribution in [3.63, 3.8) is 0 Å². The van der Waals surface area contributed by atoms with Crippen molar-refractivity contribution >= 4 is 15.9 Å². The number of nitrogens with zero attached hydrogens (tertiary/aromatic N) is 2. The minimum atomic E-state index is 0.711. The van der Waals surface area contributed by atoms with Gasteiger partial charge in [0.2, 0.25) is 0 Å². The molecule has 0 bridgehead atoms. The molecule has 1 aliphatic rings. The van der Waals surface area contributed by atoms with Gasteiger partial charge < -0.3 is 10.2 Å². The van der Waals surface area contributed by atoms with Gasteiger partial charge in [-0.15, -0.1) is 0 Å². The number of rotatable bonds is 5. The van der Waals surface area contributed by atoms with Gasteiger partial charge >= 0.3 is 0 Å². The summed E-state index contributed by atoms with van der Waals surface area (Å²) < 4.78 is 1.23. The zero-order valence-electron chi connectivity index (χ0n) is 12.1. The molecule has 19 heavy (non-hydrogen) atoms. The number of halogens is 1. The third kappa shape index (κ3) is 4.02. The van der Waals surface area contributed by atoms with E-state index in [4.69, 9.17) is 0 Å². The summed E-state index contributed by atoms with van der Waals surface area (Å²) in [6, 6.07) is 7.41. The molecule has 1 unspecified atom stereocenters. The molecule has 1 fully saturated rings. The van der Waals surface area contributed by atoms with Crippen LogP contribution in [0.5, 0.6) is 0 Å². The molecular formula is C15H24BrN3. The van der Waals surface area contributed by atoms with Gasteiger partial charge in [0.25, 0.3) is 0 Å². The molecule has 0 saturated carbocycles. The van der Waals surface area contributed by atoms with Gasteiger partial charge in [-0.3, -0.25) is 4.90 Å². The Hall–Kier alpha value is -0.420. The first-order chi connectivity index (χ1) is 9.10. The van der Waals surface area contributed by atoms with Gasteiger partial charge in [-0.1, -0.05) is 28.1 Å². The smallest absolute Gasteiger partial charge is 0.0245 e. The van der Waals surface area contributed by atoms with Crippen LogP contribution in [0.3, 0.4) is 0 Å². The molecule has 1 N–H and O–H groups in total. The van der Waals surface area contributed by atoms with Gasteiger partial charge in [-0.2, -0.15) is 0 Å². The van der Waals surface area contributed by atoms with Crippen molar-refractivity contribution < 1.29 is 0 Å². The predicted octanol–water partition coefficient (Wildman–Crippen LogP) is 2.30. The van der Waals surface area contributed by atoms with Crippen molar-refractivity contribution in [3.05, 3.63) is 33.8 Å². The molecule has 1 aromatic carbocycles. The SMILES string of the molecule is CNCc1ccc(CN2CCC(N(C)C)C2)c(Br)c1. The lowest BCUT2D eigenvalue weighted by atomic mass is 10.1. The maximum Gasteiger partial charge on any atom is 0.0245 e. The average Bonchev–Trinajstić information content (AvgIpc) is 2.82. The first-order valence-corrected chi connectivity index (χ1v) is 7.70. The summed E-state index contributed by atoms with van der Waals surface area (Å²) in [5.41, 5.74) is 2.71. The second kappa shape index (κ2) is 6.84. The quantitative estimate of drug-likeness (QED) is 0.896. The highest BCUT2D eigenvalue weighted by Crippen LogP contribution is 2.23. The number of hydrogen-bond acceptors (Lipinski definition) is 3. The first kappa shape index (κ1) is 15.0. The molecular weight excluding hydrogens is 302 g/mol. The molecule has 2 rings (SSSR count). The molecule has 4 heteroatoms. The molecule has 1 heterocycles. The molecule has 1 aromatic rings. The maximum absolute atomic E-state index is 3.70. The van der Waals surface area contributed by atoms with E-state index in [-0.39, 0.29) is 0 Å². The summed E-state index contributed by atoms with van der Waals surface area (Å²) in [6.45, 7) is 4.35. The minimum Gasteiger partial charge on any atom is -0.316 e. The number of likely N-dealkylation sites (N-methyl/N-ethyl adjacent to an activating group) is 1. The third-order valence-corrected chi connectivity index (χ3v) is 4.61. The number of hydrogen-bond donors (Lipinski definition) is 1. The summed E-state index contributed by atoms with van der Waals surface area (Å²) in [5, 5.41) is 3.19. The van der Waals surface area contributed by atoms with Crippen molar-refractivity contribution in [3.8, 4) is 0 Å². The zero-order valence-corrected chi connectivity index (χ0v) is 13.7. The van der Waals surface area contributed by atoms with E-state index >= 15 is 0 Å². The highest BCUT2D eigenvalue weighted by Gasteiger charge is 2.24. The summed E-state index contributed by atoms with van der Waals surface area (Å²) in [5.74, 6) is 0. The Kier molecular flexibility index (Phi) is 5.39. The fourth-order valence-electron chi connectivity index (χ4n) is 2.65. The molecule has 0 amide bonds. The first-order valence-electron chi connectivity index (χ1n) is 6.91. The normalized spacial score (nSPS) is 20.4. The minimum absolute atomic E-state index is 0.711. The van der Waals surface area contributed by atoms with Gasteiger partial charge in [0.15, 0.2) is 0 Å². The lowest BCUT2D eigenvalue weighted by Gasteiger charge is -2.21. The molecule has 3 nitrogen and oxygen atoms in total. The van der Waals surface area contributed by atoms with Crippen LogP contribution in [0.25, 0.3) is 0 Å². The van der Waals surface area contributed by atoms with E-state index in [1.165, 1.54) is 35.1 Å². The van der Waals surface area contributed by atoms with E-state index < -0.39 is 0 Å².